The first-order chi connectivity index (χ1) is 29.6. The fraction of sp³-hybridized carbons (Fsp3) is 0.550. The van der Waals surface area contributed by atoms with E-state index in [9.17, 15) is 51.8 Å². The van der Waals surface area contributed by atoms with Gasteiger partial charge < -0.3 is 25.4 Å². The van der Waals surface area contributed by atoms with Crippen LogP contribution in [0, 0.1) is 5.92 Å². The maximum absolute atomic E-state index is 13.8. The third kappa shape index (κ3) is 14.6. The highest BCUT2D eigenvalue weighted by Crippen LogP contribution is 2.39. The Labute approximate surface area is 369 Å². The Hall–Kier alpha value is -5.29. The Morgan fingerprint density at radius 2 is 1.78 bits per heavy atom. The van der Waals surface area contributed by atoms with E-state index < -0.39 is 60.0 Å². The third-order valence-corrected chi connectivity index (χ3v) is 13.2. The number of aliphatic hydroxyl groups is 1. The number of aromatic amines is 1. The van der Waals surface area contributed by atoms with Gasteiger partial charge in [-0.25, -0.2) is 14.8 Å². The molecule has 0 bridgehead atoms. The topological polar surface area (TPSA) is 246 Å². The Kier molecular flexibility index (Phi) is 17.9. The standard InChI is InChI=1S/C40H52F3N9O9S2/c1-7-25-18-27(53)21-51(25)30(55)14-15-39(4,5)63-62-17-16-44-29(54)13-12-28(36(59)61-6)47-34(57)23-8-10-26(11-9-23)52(37(60)40(41,42)43)20-24-19-45-32-31(46-24)35(58)50-38(48-32)49-33(56)22(2)3/h8-11,19,22,25,27-28,53H,7,12-18,20-21H2,1-6H3,(H,44,54)(H,47,57)(H2,45,48,49,50,56,58)/t25-,27-,28-/m1/s1. The van der Waals surface area contributed by atoms with Gasteiger partial charge >= 0.3 is 18.1 Å². The molecule has 1 fully saturated rings. The molecule has 18 nitrogen and oxygen atoms in total. The number of amides is 5. The van der Waals surface area contributed by atoms with Gasteiger partial charge in [-0.05, 0) is 63.8 Å². The van der Waals surface area contributed by atoms with Crippen molar-refractivity contribution in [2.75, 3.05) is 36.2 Å². The smallest absolute Gasteiger partial charge is 0.467 e. The number of carbonyl (C=O) groups is 6. The van der Waals surface area contributed by atoms with Crippen molar-refractivity contribution in [1.29, 1.82) is 0 Å². The first kappa shape index (κ1) is 50.4. The van der Waals surface area contributed by atoms with E-state index in [1.165, 1.54) is 10.8 Å². The van der Waals surface area contributed by atoms with E-state index in [-0.39, 0.29) is 69.5 Å². The maximum atomic E-state index is 13.8. The van der Waals surface area contributed by atoms with Crippen LogP contribution in [-0.2, 0) is 35.3 Å². The zero-order valence-electron chi connectivity index (χ0n) is 35.7. The van der Waals surface area contributed by atoms with E-state index in [0.29, 0.717) is 43.0 Å². The molecule has 1 aliphatic rings. The van der Waals surface area contributed by atoms with Crippen molar-refractivity contribution in [2.45, 2.75) is 109 Å². The molecule has 3 aromatic rings. The molecule has 5 amide bonds. The van der Waals surface area contributed by atoms with Crippen LogP contribution >= 0.6 is 21.6 Å². The molecule has 344 valence electrons. The number of ether oxygens (including phenoxy) is 1. The summed E-state index contributed by atoms with van der Waals surface area (Å²) in [5.41, 5.74) is -2.03. The minimum absolute atomic E-state index is 0.0320. The Bertz CT molecular complexity index is 2190. The average molecular weight is 924 g/mol. The monoisotopic (exact) mass is 923 g/mol. The van der Waals surface area contributed by atoms with E-state index in [2.05, 4.69) is 35.9 Å². The second-order valence-corrected chi connectivity index (χ2v) is 18.8. The van der Waals surface area contributed by atoms with Gasteiger partial charge in [0.1, 0.15) is 6.04 Å². The lowest BCUT2D eigenvalue weighted by Crippen LogP contribution is -2.42. The Morgan fingerprint density at radius 3 is 2.41 bits per heavy atom. The summed E-state index contributed by atoms with van der Waals surface area (Å²) < 4.78 is 45.9. The van der Waals surface area contributed by atoms with Gasteiger partial charge in [-0.2, -0.15) is 18.2 Å². The van der Waals surface area contributed by atoms with Crippen LogP contribution in [0.2, 0.25) is 0 Å². The minimum atomic E-state index is -5.33. The van der Waals surface area contributed by atoms with Crippen molar-refractivity contribution in [2.24, 2.45) is 5.92 Å². The summed E-state index contributed by atoms with van der Waals surface area (Å²) >= 11 is 0. The SMILES string of the molecule is CC[C@@H]1C[C@@H](O)CN1C(=O)CCC(C)(C)SSCCNC(=O)CC[C@@H](NC(=O)c1ccc(N(Cc2cnc3nc(NC(=O)C(C)C)[nH]c(=O)c3n2)C(=O)C(F)(F)F)cc1)C(=O)OC. The number of methoxy groups -OCH3 is 1. The van der Waals surface area contributed by atoms with Crippen molar-refractivity contribution in [3.8, 4) is 0 Å². The summed E-state index contributed by atoms with van der Waals surface area (Å²) in [4.78, 5) is 105. The van der Waals surface area contributed by atoms with E-state index in [1.54, 1.807) is 29.5 Å². The zero-order chi connectivity index (χ0) is 46.6. The number of aliphatic hydroxyl groups excluding tert-OH is 1. The lowest BCUT2D eigenvalue weighted by molar-refractivity contribution is -0.170. The predicted molar refractivity (Wildman–Crippen MR) is 230 cm³/mol. The summed E-state index contributed by atoms with van der Waals surface area (Å²) in [6, 6.07) is 3.22. The van der Waals surface area contributed by atoms with Crippen molar-refractivity contribution < 1.29 is 51.8 Å². The first-order valence-corrected chi connectivity index (χ1v) is 22.4. The van der Waals surface area contributed by atoms with Crippen LogP contribution in [0.25, 0.3) is 11.2 Å². The highest BCUT2D eigenvalue weighted by Gasteiger charge is 2.43. The number of anilines is 2. The lowest BCUT2D eigenvalue weighted by atomic mass is 10.1. The van der Waals surface area contributed by atoms with Crippen LogP contribution in [-0.4, -0.2) is 121 Å². The van der Waals surface area contributed by atoms with Gasteiger partial charge in [0.2, 0.25) is 23.7 Å². The van der Waals surface area contributed by atoms with Crippen molar-refractivity contribution in [1.82, 2.24) is 35.5 Å². The second-order valence-electron chi connectivity index (χ2n) is 15.6. The van der Waals surface area contributed by atoms with E-state index in [4.69, 9.17) is 4.74 Å². The number of hydrogen-bond acceptors (Lipinski definition) is 14. The van der Waals surface area contributed by atoms with Gasteiger partial charge in [0.25, 0.3) is 11.5 Å². The third-order valence-electron chi connectivity index (χ3n) is 9.85. The summed E-state index contributed by atoms with van der Waals surface area (Å²) in [5.74, 6) is -4.82. The van der Waals surface area contributed by atoms with Crippen LogP contribution in [0.15, 0.2) is 35.3 Å². The maximum Gasteiger partial charge on any atom is 0.471 e. The molecule has 4 rings (SSSR count). The van der Waals surface area contributed by atoms with Gasteiger partial charge in [0.05, 0.1) is 31.6 Å². The lowest BCUT2D eigenvalue weighted by Gasteiger charge is -2.27. The number of alkyl halides is 3. The number of carbonyl (C=O) groups excluding carboxylic acids is 6. The van der Waals surface area contributed by atoms with Crippen LogP contribution in [0.5, 0.6) is 0 Å². The number of nitrogens with one attached hydrogen (secondary N) is 4. The van der Waals surface area contributed by atoms with E-state index in [1.807, 2.05) is 20.8 Å². The van der Waals surface area contributed by atoms with Gasteiger partial charge in [-0.15, -0.1) is 0 Å². The number of β-amino-alcohol motifs (C(OH)–C–C–N with tert-alkyl or cyclic N) is 1. The molecule has 5 N–H and O–H groups in total. The van der Waals surface area contributed by atoms with Crippen LogP contribution in [0.3, 0.4) is 0 Å². The molecule has 3 heterocycles. The van der Waals surface area contributed by atoms with Gasteiger partial charge in [0.15, 0.2) is 11.2 Å². The normalized spacial score (nSPS) is 15.8. The van der Waals surface area contributed by atoms with Gasteiger partial charge in [0, 0.05) is 59.6 Å². The van der Waals surface area contributed by atoms with Gasteiger partial charge in [-0.3, -0.25) is 44.0 Å². The molecule has 0 aliphatic carbocycles. The molecular weight excluding hydrogens is 872 g/mol. The molecule has 0 spiro atoms. The number of halogens is 3. The molecule has 0 radical (unpaired) electrons. The highest BCUT2D eigenvalue weighted by atomic mass is 33.1. The molecule has 1 saturated heterocycles. The average Bonchev–Trinajstić information content (AvgIpc) is 3.63. The number of hydrogen-bond donors (Lipinski definition) is 5. The van der Waals surface area contributed by atoms with E-state index in [0.717, 1.165) is 44.0 Å². The fourth-order valence-corrected chi connectivity index (χ4v) is 8.83. The number of aromatic nitrogens is 4. The molecule has 1 aliphatic heterocycles. The summed E-state index contributed by atoms with van der Waals surface area (Å²) in [6.07, 6.45) is -2.70. The number of H-pyrrole nitrogens is 1. The fourth-order valence-electron chi connectivity index (χ4n) is 6.35. The predicted octanol–water partition coefficient (Wildman–Crippen LogP) is 3.88. The van der Waals surface area contributed by atoms with Crippen molar-refractivity contribution in [3.63, 3.8) is 0 Å². The Balaban J connectivity index is 1.30. The summed E-state index contributed by atoms with van der Waals surface area (Å²) in [6.45, 7) is 9.19. The van der Waals surface area contributed by atoms with Crippen LogP contribution < -0.4 is 26.4 Å². The molecule has 23 heteroatoms. The highest BCUT2D eigenvalue weighted by molar-refractivity contribution is 8.77. The number of rotatable bonds is 20. The number of nitrogens with zero attached hydrogens (tertiary/aromatic N) is 5. The molecule has 0 saturated carbocycles. The van der Waals surface area contributed by atoms with E-state index >= 15 is 0 Å². The number of fused-ring (bicyclic) bond motifs is 1. The number of esters is 1. The molecular formula is C40H52F3N9O9S2. The quantitative estimate of drug-likeness (QED) is 0.0614. The summed E-state index contributed by atoms with van der Waals surface area (Å²) in [7, 11) is 4.24. The zero-order valence-corrected chi connectivity index (χ0v) is 37.3. The molecule has 1 aromatic carbocycles. The molecule has 2 aromatic heterocycles. The van der Waals surface area contributed by atoms with Crippen molar-refractivity contribution in [3.05, 3.63) is 52.1 Å². The largest absolute Gasteiger partial charge is 0.471 e. The van der Waals surface area contributed by atoms with Crippen LogP contribution in [0.1, 0.15) is 89.2 Å². The second kappa shape index (κ2) is 22.4. The van der Waals surface area contributed by atoms with Crippen molar-refractivity contribution >= 4 is 79.9 Å². The number of likely N-dealkylation sites (tertiary alicyclic amines) is 1. The Morgan fingerprint density at radius 1 is 1.08 bits per heavy atom. The first-order valence-electron chi connectivity index (χ1n) is 20.1. The molecule has 0 unspecified atom stereocenters. The van der Waals surface area contributed by atoms with Gasteiger partial charge in [-0.1, -0.05) is 42.4 Å². The summed E-state index contributed by atoms with van der Waals surface area (Å²) in [5, 5.41) is 17.6. The number of benzene rings is 1. The molecule has 3 atom stereocenters. The molecule has 63 heavy (non-hydrogen) atoms. The minimum Gasteiger partial charge on any atom is -0.467 e. The van der Waals surface area contributed by atoms with Crippen LogP contribution in [0.4, 0.5) is 24.8 Å².